The van der Waals surface area contributed by atoms with Crippen molar-refractivity contribution in [2.45, 2.75) is 17.1 Å². The SMILES string of the molecule is CC(Sc1ccc(NC(=O)/C(=C/c2cccs2)NC(=O)c2ccccc2)cc1)C(=O)Nc1ccc(Cl)c(C(=O)O)c1. The highest BCUT2D eigenvalue weighted by Gasteiger charge is 2.18. The lowest BCUT2D eigenvalue weighted by molar-refractivity contribution is -0.115. The Bertz CT molecular complexity index is 1590. The molecule has 3 amide bonds. The maximum Gasteiger partial charge on any atom is 0.337 e. The van der Waals surface area contributed by atoms with E-state index in [1.807, 2.05) is 17.5 Å². The number of aromatic carboxylic acids is 1. The van der Waals surface area contributed by atoms with Crippen molar-refractivity contribution in [3.8, 4) is 0 Å². The van der Waals surface area contributed by atoms with Gasteiger partial charge in [-0.25, -0.2) is 4.79 Å². The number of carbonyl (C=O) groups is 4. The number of rotatable bonds is 10. The van der Waals surface area contributed by atoms with Crippen molar-refractivity contribution in [2.24, 2.45) is 0 Å². The zero-order valence-electron chi connectivity index (χ0n) is 21.6. The van der Waals surface area contributed by atoms with Crippen LogP contribution >= 0.6 is 34.7 Å². The zero-order chi connectivity index (χ0) is 29.4. The first-order valence-corrected chi connectivity index (χ1v) is 14.4. The lowest BCUT2D eigenvalue weighted by Crippen LogP contribution is -2.30. The molecule has 3 aromatic carbocycles. The topological polar surface area (TPSA) is 125 Å². The van der Waals surface area contributed by atoms with E-state index >= 15 is 0 Å². The Balaban J connectivity index is 1.39. The van der Waals surface area contributed by atoms with E-state index in [1.165, 1.54) is 41.3 Å². The van der Waals surface area contributed by atoms with Crippen LogP contribution in [0.25, 0.3) is 6.08 Å². The maximum absolute atomic E-state index is 13.1. The highest BCUT2D eigenvalue weighted by Crippen LogP contribution is 2.27. The second-order valence-electron chi connectivity index (χ2n) is 8.62. The third kappa shape index (κ3) is 8.31. The Morgan fingerprint density at radius 2 is 1.61 bits per heavy atom. The molecule has 0 aliphatic carbocycles. The minimum atomic E-state index is -1.19. The van der Waals surface area contributed by atoms with E-state index in [4.69, 9.17) is 11.6 Å². The highest BCUT2D eigenvalue weighted by molar-refractivity contribution is 8.00. The second kappa shape index (κ2) is 13.8. The molecule has 0 bridgehead atoms. The van der Waals surface area contributed by atoms with Crippen LogP contribution < -0.4 is 16.0 Å². The van der Waals surface area contributed by atoms with Crippen LogP contribution in [0.5, 0.6) is 0 Å². The number of hydrogen-bond acceptors (Lipinski definition) is 6. The fourth-order valence-electron chi connectivity index (χ4n) is 3.54. The van der Waals surface area contributed by atoms with Crippen molar-refractivity contribution in [1.82, 2.24) is 5.32 Å². The van der Waals surface area contributed by atoms with E-state index in [0.29, 0.717) is 16.9 Å². The number of nitrogens with one attached hydrogen (secondary N) is 3. The van der Waals surface area contributed by atoms with Gasteiger partial charge in [0.05, 0.1) is 15.8 Å². The summed E-state index contributed by atoms with van der Waals surface area (Å²) in [6.07, 6.45) is 1.62. The van der Waals surface area contributed by atoms with E-state index in [-0.39, 0.29) is 22.2 Å². The number of thioether (sulfide) groups is 1. The van der Waals surface area contributed by atoms with Crippen molar-refractivity contribution in [3.05, 3.63) is 117 Å². The summed E-state index contributed by atoms with van der Waals surface area (Å²) >= 11 is 8.62. The third-order valence-electron chi connectivity index (χ3n) is 5.62. The Morgan fingerprint density at radius 1 is 0.902 bits per heavy atom. The molecule has 4 N–H and O–H groups in total. The van der Waals surface area contributed by atoms with Crippen LogP contribution in [0.15, 0.2) is 101 Å². The lowest BCUT2D eigenvalue weighted by Gasteiger charge is -2.14. The summed E-state index contributed by atoms with van der Waals surface area (Å²) in [5.74, 6) is -2.39. The number of carbonyl (C=O) groups excluding carboxylic acids is 3. The molecule has 11 heteroatoms. The van der Waals surface area contributed by atoms with Crippen LogP contribution in [-0.2, 0) is 9.59 Å². The summed E-state index contributed by atoms with van der Waals surface area (Å²) < 4.78 is 0. The van der Waals surface area contributed by atoms with Gasteiger partial charge in [-0.05, 0) is 79.0 Å². The number of carboxylic acids is 1. The molecule has 41 heavy (non-hydrogen) atoms. The largest absolute Gasteiger partial charge is 0.478 e. The average molecular weight is 606 g/mol. The normalized spacial score (nSPS) is 11.8. The molecule has 0 spiro atoms. The molecule has 1 atom stereocenters. The van der Waals surface area contributed by atoms with Gasteiger partial charge in [0.1, 0.15) is 5.70 Å². The molecule has 0 fully saturated rings. The molecular weight excluding hydrogens is 582 g/mol. The van der Waals surface area contributed by atoms with Crippen LogP contribution in [-0.4, -0.2) is 34.0 Å². The molecular formula is C30H24ClN3O5S2. The summed E-state index contributed by atoms with van der Waals surface area (Å²) in [7, 11) is 0. The quantitative estimate of drug-likeness (QED) is 0.119. The standard InChI is InChI=1S/C30H24ClN3O5S2/c1-18(27(35)33-21-11-14-25(31)24(16-21)30(38)39)41-22-12-9-20(10-13-22)32-29(37)26(17-23-8-5-15-40-23)34-28(36)19-6-3-2-4-7-19/h2-18H,1H3,(H,32,37)(H,33,35)(H,34,36)(H,38,39)/b26-17-. The minimum absolute atomic E-state index is 0.0813. The molecule has 0 radical (unpaired) electrons. The summed E-state index contributed by atoms with van der Waals surface area (Å²) in [5, 5.41) is 18.9. The first-order chi connectivity index (χ1) is 19.7. The van der Waals surface area contributed by atoms with E-state index in [1.54, 1.807) is 67.6 Å². The lowest BCUT2D eigenvalue weighted by atomic mass is 10.2. The third-order valence-corrected chi connectivity index (χ3v) is 7.88. The van der Waals surface area contributed by atoms with Crippen LogP contribution in [0.4, 0.5) is 11.4 Å². The molecule has 208 valence electrons. The van der Waals surface area contributed by atoms with Crippen molar-refractivity contribution in [1.29, 1.82) is 0 Å². The van der Waals surface area contributed by atoms with E-state index in [0.717, 1.165) is 9.77 Å². The number of halogens is 1. The number of anilines is 2. The molecule has 4 rings (SSSR count). The van der Waals surface area contributed by atoms with Crippen molar-refractivity contribution in [3.63, 3.8) is 0 Å². The summed E-state index contributed by atoms with van der Waals surface area (Å²) in [4.78, 5) is 51.4. The van der Waals surface area contributed by atoms with E-state index in [9.17, 15) is 24.3 Å². The predicted molar refractivity (Wildman–Crippen MR) is 164 cm³/mol. The minimum Gasteiger partial charge on any atom is -0.478 e. The molecule has 0 saturated heterocycles. The second-order valence-corrected chi connectivity index (χ2v) is 11.4. The molecule has 1 aromatic heterocycles. The summed E-state index contributed by atoms with van der Waals surface area (Å²) in [6, 6.07) is 23.5. The fourth-order valence-corrected chi connectivity index (χ4v) is 5.26. The number of carboxylic acid groups (broad SMARTS) is 1. The molecule has 0 aliphatic rings. The van der Waals surface area contributed by atoms with Gasteiger partial charge in [0.25, 0.3) is 11.8 Å². The van der Waals surface area contributed by atoms with Gasteiger partial charge in [0, 0.05) is 26.7 Å². The maximum atomic E-state index is 13.1. The van der Waals surface area contributed by atoms with Gasteiger partial charge in [0.2, 0.25) is 5.91 Å². The zero-order valence-corrected chi connectivity index (χ0v) is 24.0. The Kier molecular flexibility index (Phi) is 9.96. The molecule has 8 nitrogen and oxygen atoms in total. The van der Waals surface area contributed by atoms with Crippen LogP contribution in [0.1, 0.15) is 32.5 Å². The first-order valence-electron chi connectivity index (χ1n) is 12.2. The van der Waals surface area contributed by atoms with Gasteiger partial charge in [-0.15, -0.1) is 23.1 Å². The predicted octanol–water partition coefficient (Wildman–Crippen LogP) is 6.63. The summed E-state index contributed by atoms with van der Waals surface area (Å²) in [5.41, 5.74) is 1.25. The molecule has 1 heterocycles. The van der Waals surface area contributed by atoms with E-state index in [2.05, 4.69) is 16.0 Å². The highest BCUT2D eigenvalue weighted by atomic mass is 35.5. The average Bonchev–Trinajstić information content (AvgIpc) is 3.48. The van der Waals surface area contributed by atoms with Crippen LogP contribution in [0, 0.1) is 0 Å². The number of thiophene rings is 1. The molecule has 1 unspecified atom stereocenters. The van der Waals surface area contributed by atoms with Gasteiger partial charge < -0.3 is 21.1 Å². The van der Waals surface area contributed by atoms with E-state index < -0.39 is 23.0 Å². The van der Waals surface area contributed by atoms with Gasteiger partial charge in [0.15, 0.2) is 0 Å². The molecule has 0 saturated carbocycles. The monoisotopic (exact) mass is 605 g/mol. The van der Waals surface area contributed by atoms with Crippen LogP contribution in [0.2, 0.25) is 5.02 Å². The molecule has 0 aliphatic heterocycles. The smallest absolute Gasteiger partial charge is 0.337 e. The van der Waals surface area contributed by atoms with Gasteiger partial charge in [-0.2, -0.15) is 0 Å². The first kappa shape index (κ1) is 29.6. The van der Waals surface area contributed by atoms with Crippen molar-refractivity contribution in [2.75, 3.05) is 10.6 Å². The van der Waals surface area contributed by atoms with Crippen molar-refractivity contribution < 1.29 is 24.3 Å². The van der Waals surface area contributed by atoms with Crippen molar-refractivity contribution >= 4 is 75.8 Å². The van der Waals surface area contributed by atoms with Gasteiger partial charge in [-0.3, -0.25) is 14.4 Å². The number of benzene rings is 3. The molecule has 4 aromatic rings. The van der Waals surface area contributed by atoms with Gasteiger partial charge >= 0.3 is 5.97 Å². The fraction of sp³-hybridized carbons (Fsp3) is 0.0667. The van der Waals surface area contributed by atoms with Gasteiger partial charge in [-0.1, -0.05) is 35.9 Å². The number of amides is 3. The Hall–Kier alpha value is -4.38. The Morgan fingerprint density at radius 3 is 2.27 bits per heavy atom. The Labute approximate surface area is 249 Å². The van der Waals surface area contributed by atoms with Crippen LogP contribution in [0.3, 0.4) is 0 Å². The number of hydrogen-bond donors (Lipinski definition) is 4. The summed E-state index contributed by atoms with van der Waals surface area (Å²) in [6.45, 7) is 1.72.